The lowest BCUT2D eigenvalue weighted by Gasteiger charge is -2.28. The third-order valence-electron chi connectivity index (χ3n) is 5.26. The highest BCUT2D eigenvalue weighted by Gasteiger charge is 2.46. The molecule has 0 amide bonds. The van der Waals surface area contributed by atoms with Crippen molar-refractivity contribution in [2.75, 3.05) is 0 Å². The molecule has 2 aliphatic rings. The molecule has 0 aromatic heterocycles. The number of aromatic hydroxyl groups is 1. The van der Waals surface area contributed by atoms with Gasteiger partial charge >= 0.3 is 0 Å². The lowest BCUT2D eigenvalue weighted by molar-refractivity contribution is 0.0800. The molecule has 2 aromatic rings. The number of carbonyl (C=O) groups excluding carboxylic acids is 1. The molecule has 0 saturated heterocycles. The molecule has 3 heteroatoms. The fraction of sp³-hybridized carbons (Fsp3) is 0.350. The van der Waals surface area contributed by atoms with Gasteiger partial charge in [-0.1, -0.05) is 30.3 Å². The second kappa shape index (κ2) is 5.41. The molecule has 0 heterocycles. The molecule has 118 valence electrons. The van der Waals surface area contributed by atoms with Gasteiger partial charge in [0.05, 0.1) is 5.56 Å². The topological polar surface area (TPSA) is 46.5 Å². The zero-order valence-electron chi connectivity index (χ0n) is 13.0. The number of phenols is 1. The van der Waals surface area contributed by atoms with Crippen LogP contribution in [0.3, 0.4) is 0 Å². The van der Waals surface area contributed by atoms with Crippen LogP contribution in [0.2, 0.25) is 0 Å². The summed E-state index contributed by atoms with van der Waals surface area (Å²) in [4.78, 5) is 12.4. The third-order valence-corrected chi connectivity index (χ3v) is 5.26. The summed E-state index contributed by atoms with van der Waals surface area (Å²) in [6.07, 6.45) is 5.82. The number of phenolic OH excluding ortho intramolecular Hbond substituents is 1. The number of fused-ring (bicyclic) bond motifs is 2. The van der Waals surface area contributed by atoms with Gasteiger partial charge in [0.25, 0.3) is 0 Å². The molecular formula is C20H20O3. The van der Waals surface area contributed by atoms with Gasteiger partial charge in [-0.25, -0.2) is 0 Å². The second-order valence-corrected chi connectivity index (χ2v) is 6.81. The number of ketones is 1. The van der Waals surface area contributed by atoms with Crippen molar-refractivity contribution in [2.24, 2.45) is 5.92 Å². The number of benzene rings is 2. The summed E-state index contributed by atoms with van der Waals surface area (Å²) in [5, 5.41) is 10.3. The summed E-state index contributed by atoms with van der Waals surface area (Å²) in [7, 11) is 0. The largest absolute Gasteiger partial charge is 0.507 e. The van der Waals surface area contributed by atoms with Crippen LogP contribution in [0.25, 0.3) is 0 Å². The Morgan fingerprint density at radius 2 is 1.83 bits per heavy atom. The van der Waals surface area contributed by atoms with Crippen LogP contribution < -0.4 is 4.74 Å². The molecule has 2 saturated carbocycles. The smallest absolute Gasteiger partial charge is 0.196 e. The van der Waals surface area contributed by atoms with Gasteiger partial charge in [-0.15, -0.1) is 0 Å². The van der Waals surface area contributed by atoms with Gasteiger partial charge in [0.1, 0.15) is 17.1 Å². The van der Waals surface area contributed by atoms with Gasteiger partial charge in [-0.05, 0) is 50.2 Å². The molecule has 0 atom stereocenters. The van der Waals surface area contributed by atoms with Crippen molar-refractivity contribution in [3.63, 3.8) is 0 Å². The molecule has 0 radical (unpaired) electrons. The summed E-state index contributed by atoms with van der Waals surface area (Å²) >= 11 is 0. The van der Waals surface area contributed by atoms with Crippen LogP contribution in [0.15, 0.2) is 48.5 Å². The van der Waals surface area contributed by atoms with E-state index in [1.165, 1.54) is 12.8 Å². The van der Waals surface area contributed by atoms with Crippen molar-refractivity contribution in [2.45, 2.75) is 37.7 Å². The Morgan fingerprint density at radius 1 is 1.09 bits per heavy atom. The molecule has 2 bridgehead atoms. The van der Waals surface area contributed by atoms with E-state index in [4.69, 9.17) is 4.74 Å². The summed E-state index contributed by atoms with van der Waals surface area (Å²) in [5.74, 6) is 1.28. The Morgan fingerprint density at radius 3 is 2.43 bits per heavy atom. The standard InChI is InChI=1S/C20H20O3/c21-18-12-16(23-20-10-8-14(13-20)9-11-20)6-7-17(18)19(22)15-4-2-1-3-5-15/h1-7,12,14,21H,8-11,13H2. The lowest BCUT2D eigenvalue weighted by atomic mass is 9.97. The summed E-state index contributed by atoms with van der Waals surface area (Å²) in [5.41, 5.74) is 0.850. The van der Waals surface area contributed by atoms with Crippen molar-refractivity contribution in [1.82, 2.24) is 0 Å². The fourth-order valence-corrected chi connectivity index (χ4v) is 4.04. The first-order valence-electron chi connectivity index (χ1n) is 8.27. The maximum absolute atomic E-state index is 12.4. The number of rotatable bonds is 4. The predicted molar refractivity (Wildman–Crippen MR) is 87.9 cm³/mol. The predicted octanol–water partition coefficient (Wildman–Crippen LogP) is 4.33. The molecule has 3 nitrogen and oxygen atoms in total. The van der Waals surface area contributed by atoms with E-state index >= 15 is 0 Å². The SMILES string of the molecule is O=C(c1ccccc1)c1ccc(OC23CCC(CC2)C3)cc1O. The highest BCUT2D eigenvalue weighted by atomic mass is 16.5. The van der Waals surface area contributed by atoms with E-state index in [0.717, 1.165) is 25.2 Å². The van der Waals surface area contributed by atoms with E-state index in [0.29, 0.717) is 16.9 Å². The summed E-state index contributed by atoms with van der Waals surface area (Å²) < 4.78 is 6.20. The minimum Gasteiger partial charge on any atom is -0.507 e. The normalized spacial score (nSPS) is 25.5. The zero-order chi connectivity index (χ0) is 15.9. The summed E-state index contributed by atoms with van der Waals surface area (Å²) in [6.45, 7) is 0. The van der Waals surface area contributed by atoms with Gasteiger partial charge in [0.15, 0.2) is 5.78 Å². The van der Waals surface area contributed by atoms with E-state index in [9.17, 15) is 9.90 Å². The van der Waals surface area contributed by atoms with Crippen LogP contribution in [0.5, 0.6) is 11.5 Å². The molecule has 0 spiro atoms. The van der Waals surface area contributed by atoms with Crippen LogP contribution in [0.4, 0.5) is 0 Å². The van der Waals surface area contributed by atoms with Crippen LogP contribution in [-0.4, -0.2) is 16.5 Å². The Bertz CT molecular complexity index is 728. The van der Waals surface area contributed by atoms with Crippen LogP contribution in [0.1, 0.15) is 48.0 Å². The second-order valence-electron chi connectivity index (χ2n) is 6.81. The number of carbonyl (C=O) groups is 1. The highest BCUT2D eigenvalue weighted by Crippen LogP contribution is 2.50. The Hall–Kier alpha value is -2.29. The zero-order valence-corrected chi connectivity index (χ0v) is 13.0. The van der Waals surface area contributed by atoms with Gasteiger partial charge in [0, 0.05) is 11.6 Å². The highest BCUT2D eigenvalue weighted by molar-refractivity contribution is 6.10. The van der Waals surface area contributed by atoms with Crippen LogP contribution in [-0.2, 0) is 0 Å². The molecule has 0 unspecified atom stereocenters. The Kier molecular flexibility index (Phi) is 3.37. The van der Waals surface area contributed by atoms with E-state index < -0.39 is 0 Å². The van der Waals surface area contributed by atoms with Crippen LogP contribution in [0, 0.1) is 5.92 Å². The van der Waals surface area contributed by atoms with Crippen molar-refractivity contribution >= 4 is 5.78 Å². The first-order valence-corrected chi connectivity index (χ1v) is 8.27. The molecule has 1 N–H and O–H groups in total. The first-order chi connectivity index (χ1) is 11.2. The van der Waals surface area contributed by atoms with Gasteiger partial charge in [-0.2, -0.15) is 0 Å². The van der Waals surface area contributed by atoms with Crippen LogP contribution >= 0.6 is 0 Å². The number of hydrogen-bond donors (Lipinski definition) is 1. The minimum absolute atomic E-state index is 0.0136. The average Bonchev–Trinajstić information content (AvgIpc) is 3.15. The molecule has 2 aromatic carbocycles. The fourth-order valence-electron chi connectivity index (χ4n) is 4.04. The minimum atomic E-state index is -0.172. The molecule has 0 aliphatic heterocycles. The lowest BCUT2D eigenvalue weighted by Crippen LogP contribution is -2.30. The number of hydrogen-bond acceptors (Lipinski definition) is 3. The molecule has 4 rings (SSSR count). The third kappa shape index (κ3) is 2.61. The molecule has 23 heavy (non-hydrogen) atoms. The molecule has 2 aliphatic carbocycles. The van der Waals surface area contributed by atoms with Gasteiger partial charge in [0.2, 0.25) is 0 Å². The Balaban J connectivity index is 1.56. The monoisotopic (exact) mass is 308 g/mol. The number of ether oxygens (including phenoxy) is 1. The quantitative estimate of drug-likeness (QED) is 0.855. The van der Waals surface area contributed by atoms with E-state index in [1.807, 2.05) is 18.2 Å². The Labute approximate surface area is 135 Å². The van der Waals surface area contributed by atoms with Gasteiger partial charge < -0.3 is 9.84 Å². The van der Waals surface area contributed by atoms with Crippen molar-refractivity contribution in [1.29, 1.82) is 0 Å². The maximum Gasteiger partial charge on any atom is 0.196 e. The van der Waals surface area contributed by atoms with E-state index in [2.05, 4.69) is 0 Å². The van der Waals surface area contributed by atoms with Crippen molar-refractivity contribution in [3.8, 4) is 11.5 Å². The average molecular weight is 308 g/mol. The molecular weight excluding hydrogens is 288 g/mol. The van der Waals surface area contributed by atoms with Crippen molar-refractivity contribution < 1.29 is 14.6 Å². The molecule has 2 fully saturated rings. The van der Waals surface area contributed by atoms with Crippen molar-refractivity contribution in [3.05, 3.63) is 59.7 Å². The van der Waals surface area contributed by atoms with E-state index in [-0.39, 0.29) is 17.1 Å². The maximum atomic E-state index is 12.4. The first kappa shape index (κ1) is 14.3. The van der Waals surface area contributed by atoms with E-state index in [1.54, 1.807) is 30.3 Å². The summed E-state index contributed by atoms with van der Waals surface area (Å²) in [6, 6.07) is 14.0. The van der Waals surface area contributed by atoms with Gasteiger partial charge in [-0.3, -0.25) is 4.79 Å².